The molecular weight excluding hydrogens is 190 g/mol. The number of carbonyl (C=O) groups excluding carboxylic acids is 1. The fourth-order valence-electron chi connectivity index (χ4n) is 1.26. The lowest BCUT2D eigenvalue weighted by Crippen LogP contribution is -2.34. The summed E-state index contributed by atoms with van der Waals surface area (Å²) in [6.45, 7) is 4.92. The molecule has 0 aromatic carbocycles. The summed E-state index contributed by atoms with van der Waals surface area (Å²) in [7, 11) is 0. The molecule has 15 heavy (non-hydrogen) atoms. The summed E-state index contributed by atoms with van der Waals surface area (Å²) in [5.41, 5.74) is 1.08. The maximum atomic E-state index is 11.2. The van der Waals surface area contributed by atoms with Gasteiger partial charge in [0.1, 0.15) is 0 Å². The zero-order valence-corrected chi connectivity index (χ0v) is 9.16. The molecule has 1 unspecified atom stereocenters. The van der Waals surface area contributed by atoms with E-state index in [0.717, 1.165) is 5.56 Å². The van der Waals surface area contributed by atoms with Crippen molar-refractivity contribution in [2.24, 2.45) is 0 Å². The molecule has 0 spiro atoms. The molecule has 0 aliphatic heterocycles. The summed E-state index contributed by atoms with van der Waals surface area (Å²) in [5.74, 6) is 0.0215. The van der Waals surface area contributed by atoms with E-state index in [1.807, 2.05) is 26.0 Å². The summed E-state index contributed by atoms with van der Waals surface area (Å²) >= 11 is 0. The van der Waals surface area contributed by atoms with Gasteiger partial charge in [-0.25, -0.2) is 0 Å². The van der Waals surface area contributed by atoms with Crippen LogP contribution in [0.5, 0.6) is 0 Å². The van der Waals surface area contributed by atoms with E-state index in [0.29, 0.717) is 13.1 Å². The fourth-order valence-corrected chi connectivity index (χ4v) is 1.26. The molecule has 1 amide bonds. The van der Waals surface area contributed by atoms with Crippen LogP contribution in [-0.4, -0.2) is 24.0 Å². The molecule has 1 atom stereocenters. The van der Waals surface area contributed by atoms with Gasteiger partial charge in [0.05, 0.1) is 6.54 Å². The van der Waals surface area contributed by atoms with Crippen molar-refractivity contribution in [3.63, 3.8) is 0 Å². The molecule has 0 aliphatic rings. The molecule has 0 saturated heterocycles. The standard InChI is InChI=1S/C11H17N3O/c1-3-13-11(15)8-14-9(2)10-5-4-6-12-7-10/h4-7,9,14H,3,8H2,1-2H3,(H,13,15). The number of hydrogen-bond donors (Lipinski definition) is 2. The van der Waals surface area contributed by atoms with Gasteiger partial charge in [-0.05, 0) is 25.5 Å². The summed E-state index contributed by atoms with van der Waals surface area (Å²) in [6.07, 6.45) is 3.54. The Kier molecular flexibility index (Phi) is 4.77. The van der Waals surface area contributed by atoms with Crippen molar-refractivity contribution in [1.82, 2.24) is 15.6 Å². The summed E-state index contributed by atoms with van der Waals surface area (Å²) in [4.78, 5) is 15.2. The zero-order chi connectivity index (χ0) is 11.1. The topological polar surface area (TPSA) is 54.0 Å². The number of carbonyl (C=O) groups is 1. The first-order valence-corrected chi connectivity index (χ1v) is 5.14. The van der Waals surface area contributed by atoms with Crippen molar-refractivity contribution in [3.05, 3.63) is 30.1 Å². The van der Waals surface area contributed by atoms with E-state index < -0.39 is 0 Å². The van der Waals surface area contributed by atoms with E-state index in [1.54, 1.807) is 12.4 Å². The number of amides is 1. The van der Waals surface area contributed by atoms with Crippen LogP contribution in [0.3, 0.4) is 0 Å². The molecular formula is C11H17N3O. The number of nitrogens with one attached hydrogen (secondary N) is 2. The summed E-state index contributed by atoms with van der Waals surface area (Å²) < 4.78 is 0. The molecule has 1 rings (SSSR count). The Bertz CT molecular complexity index is 300. The van der Waals surface area contributed by atoms with Crippen LogP contribution in [-0.2, 0) is 4.79 Å². The first kappa shape index (κ1) is 11.7. The van der Waals surface area contributed by atoms with Gasteiger partial charge in [0.15, 0.2) is 0 Å². The van der Waals surface area contributed by atoms with Crippen LogP contribution in [0.2, 0.25) is 0 Å². The minimum atomic E-state index is 0.0215. The van der Waals surface area contributed by atoms with E-state index in [4.69, 9.17) is 0 Å². The predicted molar refractivity (Wildman–Crippen MR) is 59.3 cm³/mol. The largest absolute Gasteiger partial charge is 0.355 e. The van der Waals surface area contributed by atoms with Crippen molar-refractivity contribution in [2.45, 2.75) is 19.9 Å². The smallest absolute Gasteiger partial charge is 0.233 e. The first-order valence-electron chi connectivity index (χ1n) is 5.14. The fraction of sp³-hybridized carbons (Fsp3) is 0.455. The molecule has 0 saturated carbocycles. The van der Waals surface area contributed by atoms with Crippen molar-refractivity contribution in [1.29, 1.82) is 0 Å². The average molecular weight is 207 g/mol. The van der Waals surface area contributed by atoms with Crippen LogP contribution < -0.4 is 10.6 Å². The molecule has 4 heteroatoms. The molecule has 82 valence electrons. The molecule has 2 N–H and O–H groups in total. The lowest BCUT2D eigenvalue weighted by atomic mass is 10.1. The van der Waals surface area contributed by atoms with Gasteiger partial charge in [-0.1, -0.05) is 6.07 Å². The highest BCUT2D eigenvalue weighted by atomic mass is 16.1. The van der Waals surface area contributed by atoms with Gasteiger partial charge in [-0.15, -0.1) is 0 Å². The molecule has 0 fully saturated rings. The Balaban J connectivity index is 2.37. The third kappa shape index (κ3) is 4.08. The van der Waals surface area contributed by atoms with Gasteiger partial charge >= 0.3 is 0 Å². The van der Waals surface area contributed by atoms with Crippen molar-refractivity contribution >= 4 is 5.91 Å². The number of nitrogens with zero attached hydrogens (tertiary/aromatic N) is 1. The van der Waals surface area contributed by atoms with Crippen molar-refractivity contribution < 1.29 is 4.79 Å². The molecule has 0 radical (unpaired) electrons. The van der Waals surface area contributed by atoms with Gasteiger partial charge < -0.3 is 10.6 Å². The molecule has 1 heterocycles. The second-order valence-corrected chi connectivity index (χ2v) is 3.34. The molecule has 0 aliphatic carbocycles. The zero-order valence-electron chi connectivity index (χ0n) is 9.16. The summed E-state index contributed by atoms with van der Waals surface area (Å²) in [6, 6.07) is 4.02. The molecule has 1 aromatic heterocycles. The van der Waals surface area contributed by atoms with Gasteiger partial charge in [0.25, 0.3) is 0 Å². The lowest BCUT2D eigenvalue weighted by Gasteiger charge is -2.13. The lowest BCUT2D eigenvalue weighted by molar-refractivity contribution is -0.120. The Hall–Kier alpha value is -1.42. The monoisotopic (exact) mass is 207 g/mol. The SMILES string of the molecule is CCNC(=O)CNC(C)c1cccnc1. The van der Waals surface area contributed by atoms with Crippen LogP contribution >= 0.6 is 0 Å². The van der Waals surface area contributed by atoms with Crippen molar-refractivity contribution in [3.8, 4) is 0 Å². The highest BCUT2D eigenvalue weighted by Crippen LogP contribution is 2.08. The number of rotatable bonds is 5. The highest BCUT2D eigenvalue weighted by Gasteiger charge is 2.06. The normalized spacial score (nSPS) is 12.1. The molecule has 4 nitrogen and oxygen atoms in total. The first-order chi connectivity index (χ1) is 7.24. The minimum absolute atomic E-state index is 0.0215. The highest BCUT2D eigenvalue weighted by molar-refractivity contribution is 5.77. The maximum Gasteiger partial charge on any atom is 0.233 e. The van der Waals surface area contributed by atoms with E-state index in [9.17, 15) is 4.79 Å². The molecule has 1 aromatic rings. The third-order valence-corrected chi connectivity index (χ3v) is 2.13. The van der Waals surface area contributed by atoms with E-state index in [-0.39, 0.29) is 11.9 Å². The average Bonchev–Trinajstić information content (AvgIpc) is 2.27. The van der Waals surface area contributed by atoms with Crippen LogP contribution in [0.1, 0.15) is 25.5 Å². The quantitative estimate of drug-likeness (QED) is 0.753. The Labute approximate surface area is 90.1 Å². The van der Waals surface area contributed by atoms with Gasteiger partial charge in [0, 0.05) is 25.0 Å². The Morgan fingerprint density at radius 2 is 2.40 bits per heavy atom. The Morgan fingerprint density at radius 3 is 3.00 bits per heavy atom. The van der Waals surface area contributed by atoms with E-state index in [1.165, 1.54) is 0 Å². The third-order valence-electron chi connectivity index (χ3n) is 2.13. The van der Waals surface area contributed by atoms with E-state index in [2.05, 4.69) is 15.6 Å². The minimum Gasteiger partial charge on any atom is -0.355 e. The van der Waals surface area contributed by atoms with Gasteiger partial charge in [-0.2, -0.15) is 0 Å². The van der Waals surface area contributed by atoms with Crippen molar-refractivity contribution in [2.75, 3.05) is 13.1 Å². The Morgan fingerprint density at radius 1 is 1.60 bits per heavy atom. The van der Waals surface area contributed by atoms with Crippen LogP contribution in [0.4, 0.5) is 0 Å². The molecule has 0 bridgehead atoms. The second kappa shape index (κ2) is 6.14. The van der Waals surface area contributed by atoms with Crippen LogP contribution in [0, 0.1) is 0 Å². The summed E-state index contributed by atoms with van der Waals surface area (Å²) in [5, 5.41) is 5.87. The van der Waals surface area contributed by atoms with Crippen LogP contribution in [0.15, 0.2) is 24.5 Å². The predicted octanol–water partition coefficient (Wildman–Crippen LogP) is 0.868. The van der Waals surface area contributed by atoms with Gasteiger partial charge in [0.2, 0.25) is 5.91 Å². The van der Waals surface area contributed by atoms with E-state index >= 15 is 0 Å². The second-order valence-electron chi connectivity index (χ2n) is 3.34. The number of aromatic nitrogens is 1. The van der Waals surface area contributed by atoms with Gasteiger partial charge in [-0.3, -0.25) is 9.78 Å². The number of likely N-dealkylation sites (N-methyl/N-ethyl adjacent to an activating group) is 1. The number of pyridine rings is 1. The number of hydrogen-bond acceptors (Lipinski definition) is 3. The van der Waals surface area contributed by atoms with Crippen LogP contribution in [0.25, 0.3) is 0 Å². The maximum absolute atomic E-state index is 11.2.